The number of halogens is 2. The van der Waals surface area contributed by atoms with Gasteiger partial charge >= 0.3 is 5.97 Å². The zero-order valence-electron chi connectivity index (χ0n) is 17.8. The van der Waals surface area contributed by atoms with Crippen LogP contribution in [0.25, 0.3) is 0 Å². The third-order valence-electron chi connectivity index (χ3n) is 5.42. The van der Waals surface area contributed by atoms with Gasteiger partial charge in [-0.3, -0.25) is 4.79 Å². The Morgan fingerprint density at radius 2 is 1.56 bits per heavy atom. The molecule has 0 saturated carbocycles. The zero-order valence-corrected chi connectivity index (χ0v) is 18.6. The second-order valence-electron chi connectivity index (χ2n) is 7.70. The molecule has 0 radical (unpaired) electrons. The van der Waals surface area contributed by atoms with E-state index in [1.165, 1.54) is 60.3 Å². The van der Waals surface area contributed by atoms with Crippen molar-refractivity contribution in [2.45, 2.75) is 17.4 Å². The Balaban J connectivity index is 1.53. The van der Waals surface area contributed by atoms with Crippen molar-refractivity contribution in [1.29, 1.82) is 0 Å². The number of β-lactam (4-membered cyclic amide) rings is 1. The summed E-state index contributed by atoms with van der Waals surface area (Å²) in [4.78, 5) is 25.3. The molecule has 1 saturated heterocycles. The number of rotatable bonds is 9. The van der Waals surface area contributed by atoms with Crippen molar-refractivity contribution in [2.75, 3.05) is 17.3 Å². The smallest absolute Gasteiger partial charge is 0.341 e. The number of anilines is 1. The molecule has 1 amide bonds. The fraction of sp³-hybridized carbons (Fsp3) is 0.200. The average Bonchev–Trinajstić information content (AvgIpc) is 2.83. The van der Waals surface area contributed by atoms with Crippen LogP contribution in [-0.4, -0.2) is 39.7 Å². The van der Waals surface area contributed by atoms with E-state index in [-0.39, 0.29) is 11.7 Å². The lowest BCUT2D eigenvalue weighted by molar-refractivity contribution is -0.139. The zero-order chi connectivity index (χ0) is 24.2. The largest absolute Gasteiger partial charge is 0.482 e. The van der Waals surface area contributed by atoms with Gasteiger partial charge in [-0.05, 0) is 59.7 Å². The number of aliphatic carboxylic acids is 1. The predicted octanol–water partition coefficient (Wildman–Crippen LogP) is 4.35. The van der Waals surface area contributed by atoms with Gasteiger partial charge in [0.2, 0.25) is 5.91 Å². The topological polar surface area (TPSA) is 87.1 Å². The number of aliphatic hydroxyl groups excluding tert-OH is 1. The Labute approximate surface area is 198 Å². The molecule has 3 atom stereocenters. The third-order valence-corrected chi connectivity index (χ3v) is 6.75. The summed E-state index contributed by atoms with van der Waals surface area (Å²) in [6.45, 7) is -0.470. The van der Waals surface area contributed by atoms with Gasteiger partial charge in [-0.15, -0.1) is 11.8 Å². The minimum Gasteiger partial charge on any atom is -0.482 e. The van der Waals surface area contributed by atoms with E-state index in [2.05, 4.69) is 0 Å². The highest BCUT2D eigenvalue weighted by atomic mass is 32.2. The van der Waals surface area contributed by atoms with E-state index in [1.807, 2.05) is 0 Å². The normalized spacial score (nSPS) is 18.3. The number of ether oxygens (including phenoxy) is 1. The molecule has 9 heteroatoms. The minimum atomic E-state index is -1.09. The first-order valence-corrected chi connectivity index (χ1v) is 11.5. The fourth-order valence-corrected chi connectivity index (χ4v) is 5.02. The molecule has 3 aromatic rings. The summed E-state index contributed by atoms with van der Waals surface area (Å²) in [5.41, 5.74) is 1.87. The average molecular weight is 486 g/mol. The number of nitrogens with zero attached hydrogens (tertiary/aromatic N) is 1. The molecule has 2 N–H and O–H groups in total. The lowest BCUT2D eigenvalue weighted by atomic mass is 9.92. The number of hydrogen-bond acceptors (Lipinski definition) is 5. The van der Waals surface area contributed by atoms with Crippen LogP contribution in [-0.2, 0) is 9.59 Å². The van der Waals surface area contributed by atoms with Gasteiger partial charge in [0.25, 0.3) is 0 Å². The minimum absolute atomic E-state index is 0.181. The van der Waals surface area contributed by atoms with Crippen molar-refractivity contribution in [3.63, 3.8) is 0 Å². The number of aliphatic hydroxyl groups is 1. The lowest BCUT2D eigenvalue weighted by Gasteiger charge is -2.47. The molecule has 0 aliphatic carbocycles. The summed E-state index contributed by atoms with van der Waals surface area (Å²) < 4.78 is 31.8. The summed E-state index contributed by atoms with van der Waals surface area (Å²) in [6, 6.07) is 17.5. The van der Waals surface area contributed by atoms with Crippen LogP contribution in [0.15, 0.2) is 72.8 Å². The molecule has 0 aromatic heterocycles. The number of carboxylic acids is 1. The summed E-state index contributed by atoms with van der Waals surface area (Å²) >= 11 is 1.28. The van der Waals surface area contributed by atoms with Crippen molar-refractivity contribution in [3.05, 3.63) is 95.6 Å². The molecule has 6 nitrogen and oxygen atoms in total. The van der Waals surface area contributed by atoms with Gasteiger partial charge < -0.3 is 19.8 Å². The molecule has 1 aliphatic rings. The number of amides is 1. The number of carbonyl (C=O) groups excluding carboxylic acids is 1. The van der Waals surface area contributed by atoms with Crippen LogP contribution >= 0.6 is 11.8 Å². The molecule has 176 valence electrons. The van der Waals surface area contributed by atoms with Gasteiger partial charge in [0.1, 0.15) is 22.6 Å². The van der Waals surface area contributed by atoms with Crippen LogP contribution in [0, 0.1) is 11.6 Å². The molecule has 1 fully saturated rings. The van der Waals surface area contributed by atoms with Crippen molar-refractivity contribution in [1.82, 2.24) is 0 Å². The molecule has 0 bridgehead atoms. The third kappa shape index (κ3) is 5.21. The van der Waals surface area contributed by atoms with Crippen molar-refractivity contribution in [3.8, 4) is 5.75 Å². The van der Waals surface area contributed by atoms with E-state index >= 15 is 0 Å². The SMILES string of the molecule is O=C(O)COc1ccc(C2C(SC[C@H](O)c3ccc(F)cc3)C(=O)N2c2ccc(F)cc2)cc1. The lowest BCUT2D eigenvalue weighted by Crippen LogP contribution is -2.57. The maximum absolute atomic E-state index is 13.4. The number of carboxylic acid groups (broad SMARTS) is 1. The second-order valence-corrected chi connectivity index (χ2v) is 8.88. The van der Waals surface area contributed by atoms with Gasteiger partial charge in [0.15, 0.2) is 6.61 Å². The maximum atomic E-state index is 13.4. The van der Waals surface area contributed by atoms with Gasteiger partial charge in [-0.1, -0.05) is 24.3 Å². The molecular weight excluding hydrogens is 464 g/mol. The highest BCUT2D eigenvalue weighted by Crippen LogP contribution is 2.46. The standard InChI is InChI=1S/C25H21F2NO5S/c26-17-5-1-15(2-6-17)21(29)14-34-24-23(16-3-11-20(12-4-16)33-13-22(30)31)28(25(24)32)19-9-7-18(27)8-10-19/h1-12,21,23-24,29H,13-14H2,(H,30,31)/t21-,23?,24?/m0/s1. The molecule has 4 rings (SSSR count). The number of thioether (sulfide) groups is 1. The van der Waals surface area contributed by atoms with Crippen molar-refractivity contribution >= 4 is 29.3 Å². The first kappa shape index (κ1) is 23.7. The van der Waals surface area contributed by atoms with E-state index in [4.69, 9.17) is 9.84 Å². The molecular formula is C25H21F2NO5S. The summed E-state index contributed by atoms with van der Waals surface area (Å²) in [5.74, 6) is -1.49. The highest BCUT2D eigenvalue weighted by molar-refractivity contribution is 8.00. The first-order chi connectivity index (χ1) is 16.3. The number of carbonyl (C=O) groups is 2. The molecule has 1 aliphatic heterocycles. The molecule has 3 aromatic carbocycles. The monoisotopic (exact) mass is 485 g/mol. The Kier molecular flexibility index (Phi) is 7.14. The summed E-state index contributed by atoms with van der Waals surface area (Å²) in [5, 5.41) is 18.8. The molecule has 2 unspecified atom stereocenters. The fourth-order valence-electron chi connectivity index (χ4n) is 3.72. The Hall–Kier alpha value is -3.43. The molecule has 0 spiro atoms. The Morgan fingerprint density at radius 1 is 0.971 bits per heavy atom. The van der Waals surface area contributed by atoms with E-state index in [0.29, 0.717) is 17.0 Å². The van der Waals surface area contributed by atoms with E-state index < -0.39 is 41.6 Å². The number of hydrogen-bond donors (Lipinski definition) is 2. The second kappa shape index (κ2) is 10.2. The van der Waals surface area contributed by atoms with Gasteiger partial charge in [-0.2, -0.15) is 0 Å². The Morgan fingerprint density at radius 3 is 2.15 bits per heavy atom. The van der Waals surface area contributed by atoms with Gasteiger partial charge in [0, 0.05) is 11.4 Å². The van der Waals surface area contributed by atoms with Gasteiger partial charge in [0.05, 0.1) is 12.1 Å². The van der Waals surface area contributed by atoms with E-state index in [1.54, 1.807) is 29.2 Å². The predicted molar refractivity (Wildman–Crippen MR) is 124 cm³/mol. The summed E-state index contributed by atoms with van der Waals surface area (Å²) in [7, 11) is 0. The maximum Gasteiger partial charge on any atom is 0.341 e. The quantitative estimate of drug-likeness (QED) is 0.438. The van der Waals surface area contributed by atoms with E-state index in [9.17, 15) is 23.5 Å². The first-order valence-electron chi connectivity index (χ1n) is 10.4. The summed E-state index contributed by atoms with van der Waals surface area (Å²) in [6.07, 6.45) is -0.884. The van der Waals surface area contributed by atoms with Crippen LogP contribution < -0.4 is 9.64 Å². The van der Waals surface area contributed by atoms with Crippen molar-refractivity contribution < 1.29 is 33.3 Å². The molecule has 1 heterocycles. The Bertz CT molecular complexity index is 1160. The van der Waals surface area contributed by atoms with E-state index in [0.717, 1.165) is 5.56 Å². The molecule has 34 heavy (non-hydrogen) atoms. The van der Waals surface area contributed by atoms with Crippen LogP contribution in [0.1, 0.15) is 23.3 Å². The van der Waals surface area contributed by atoms with Crippen LogP contribution in [0.3, 0.4) is 0 Å². The van der Waals surface area contributed by atoms with Crippen molar-refractivity contribution in [2.24, 2.45) is 0 Å². The van der Waals surface area contributed by atoms with Gasteiger partial charge in [-0.25, -0.2) is 13.6 Å². The van der Waals surface area contributed by atoms with Crippen LogP contribution in [0.4, 0.5) is 14.5 Å². The number of benzene rings is 3. The van der Waals surface area contributed by atoms with Crippen LogP contribution in [0.2, 0.25) is 0 Å². The van der Waals surface area contributed by atoms with Crippen LogP contribution in [0.5, 0.6) is 5.75 Å². The highest BCUT2D eigenvalue weighted by Gasteiger charge is 2.49.